The monoisotopic (exact) mass is 466 g/mol. The van der Waals surface area contributed by atoms with Crippen molar-refractivity contribution < 1.29 is 24.9 Å². The molecule has 1 amide bonds. The molecule has 0 spiro atoms. The molecule has 2 rings (SSSR count). The number of amides is 1. The average molecular weight is 467 g/mol. The minimum absolute atomic E-state index is 0.168. The topological polar surface area (TPSA) is 111 Å². The third kappa shape index (κ3) is 6.95. The third-order valence-electron chi connectivity index (χ3n) is 6.34. The van der Waals surface area contributed by atoms with E-state index in [1.165, 1.54) is 37.4 Å². The van der Waals surface area contributed by atoms with Crippen molar-refractivity contribution >= 4 is 29.3 Å². The van der Waals surface area contributed by atoms with E-state index in [1.54, 1.807) is 13.2 Å². The van der Waals surface area contributed by atoms with Gasteiger partial charge in [0.25, 0.3) is 0 Å². The van der Waals surface area contributed by atoms with Gasteiger partial charge in [0.2, 0.25) is 5.91 Å². The summed E-state index contributed by atoms with van der Waals surface area (Å²) in [7, 11) is 0. The summed E-state index contributed by atoms with van der Waals surface area (Å²) in [6, 6.07) is -1.01. The van der Waals surface area contributed by atoms with E-state index in [2.05, 4.69) is 17.6 Å². The van der Waals surface area contributed by atoms with E-state index in [4.69, 9.17) is 16.3 Å². The molecule has 30 heavy (non-hydrogen) atoms. The summed E-state index contributed by atoms with van der Waals surface area (Å²) in [6.07, 6.45) is 4.69. The summed E-state index contributed by atoms with van der Waals surface area (Å²) >= 11 is 7.59. The van der Waals surface area contributed by atoms with Crippen molar-refractivity contribution in [2.45, 2.75) is 106 Å². The lowest BCUT2D eigenvalue weighted by molar-refractivity contribution is -0.205. The number of carbonyl (C=O) groups is 1. The highest BCUT2D eigenvalue weighted by molar-refractivity contribution is 7.99. The maximum atomic E-state index is 13.0. The van der Waals surface area contributed by atoms with Gasteiger partial charge in [-0.3, -0.25) is 4.79 Å². The summed E-state index contributed by atoms with van der Waals surface area (Å²) < 4.78 is 5.82. The zero-order chi connectivity index (χ0) is 22.3. The van der Waals surface area contributed by atoms with Gasteiger partial charge in [0, 0.05) is 0 Å². The number of unbranched alkanes of at least 4 members (excludes halogenated alkanes) is 2. The first-order valence-electron chi connectivity index (χ1n) is 11.2. The molecule has 5 N–H and O–H groups in total. The van der Waals surface area contributed by atoms with Crippen LogP contribution in [0.25, 0.3) is 0 Å². The van der Waals surface area contributed by atoms with Gasteiger partial charge < -0.3 is 30.7 Å². The van der Waals surface area contributed by atoms with Gasteiger partial charge in [0.1, 0.15) is 29.9 Å². The molecule has 2 aliphatic rings. The number of aliphatic hydroxyl groups excluding tert-OH is 3. The lowest BCUT2D eigenvalue weighted by atomic mass is 9.92. The Morgan fingerprint density at radius 1 is 1.20 bits per heavy atom. The zero-order valence-electron chi connectivity index (χ0n) is 18.3. The number of alkyl halides is 1. The van der Waals surface area contributed by atoms with Crippen molar-refractivity contribution in [1.29, 1.82) is 0 Å². The summed E-state index contributed by atoms with van der Waals surface area (Å²) in [5, 5.41) is 36.5. The number of nitrogens with one attached hydrogen (secondary N) is 2. The molecule has 2 heterocycles. The summed E-state index contributed by atoms with van der Waals surface area (Å²) in [6.45, 7) is 4.73. The highest BCUT2D eigenvalue weighted by Gasteiger charge is 2.48. The molecule has 7 nitrogen and oxygen atoms in total. The largest absolute Gasteiger partial charge is 0.388 e. The molecule has 9 heteroatoms. The molecule has 2 saturated heterocycles. The van der Waals surface area contributed by atoms with Crippen LogP contribution >= 0.6 is 23.4 Å². The highest BCUT2D eigenvalue weighted by Crippen LogP contribution is 2.30. The molecule has 0 aromatic rings. The fraction of sp³-hybridized carbons (Fsp3) is 0.952. The average Bonchev–Trinajstić information content (AvgIpc) is 2.97. The molecule has 0 aromatic heterocycles. The molecule has 0 aliphatic carbocycles. The minimum atomic E-state index is -1.36. The van der Waals surface area contributed by atoms with Crippen molar-refractivity contribution in [3.05, 3.63) is 0 Å². The molecule has 3 unspecified atom stereocenters. The van der Waals surface area contributed by atoms with E-state index in [-0.39, 0.29) is 11.9 Å². The first kappa shape index (κ1) is 26.2. The van der Waals surface area contributed by atoms with Crippen molar-refractivity contribution in [3.63, 3.8) is 0 Å². The van der Waals surface area contributed by atoms with Crippen LogP contribution in [0.15, 0.2) is 0 Å². The van der Waals surface area contributed by atoms with E-state index in [0.29, 0.717) is 5.92 Å². The number of hydrogen-bond donors (Lipinski definition) is 5. The van der Waals surface area contributed by atoms with Crippen LogP contribution in [-0.2, 0) is 9.53 Å². The van der Waals surface area contributed by atoms with Crippen LogP contribution in [0.3, 0.4) is 0 Å². The number of halogens is 1. The fourth-order valence-corrected chi connectivity index (χ4v) is 5.28. The number of aliphatic hydroxyl groups is 3. The summed E-state index contributed by atoms with van der Waals surface area (Å²) in [4.78, 5) is 13.0. The molecule has 2 fully saturated rings. The lowest BCUT2D eigenvalue weighted by Gasteiger charge is -2.44. The predicted octanol–water partition coefficient (Wildman–Crippen LogP) is 1.61. The molecular weight excluding hydrogens is 428 g/mol. The molecule has 0 aromatic carbocycles. The Labute approximate surface area is 189 Å². The lowest BCUT2D eigenvalue weighted by Crippen LogP contribution is -2.65. The van der Waals surface area contributed by atoms with Crippen molar-refractivity contribution in [1.82, 2.24) is 10.6 Å². The van der Waals surface area contributed by atoms with Crippen LogP contribution in [-0.4, -0.2) is 81.3 Å². The Balaban J connectivity index is 1.98. The van der Waals surface area contributed by atoms with Crippen LogP contribution in [0, 0.1) is 5.92 Å². The normalized spacial score (nSPS) is 37.2. The van der Waals surface area contributed by atoms with Gasteiger partial charge in [-0.2, -0.15) is 0 Å². The number of thioether (sulfide) groups is 1. The molecule has 9 atom stereocenters. The summed E-state index contributed by atoms with van der Waals surface area (Å²) in [5.74, 6) is 0.478. The fourth-order valence-electron chi connectivity index (χ4n) is 4.39. The summed E-state index contributed by atoms with van der Waals surface area (Å²) in [5.41, 5.74) is -0.705. The Kier molecular flexibility index (Phi) is 11.2. The van der Waals surface area contributed by atoms with Crippen molar-refractivity contribution in [3.8, 4) is 0 Å². The maximum Gasteiger partial charge on any atom is 0.237 e. The standard InChI is InChI=1S/C21H39ClN2O5S/c1-4-5-6-7-13-8-9-14(23-11-10-13)20(28)24-15(12(2)22)19-17(26)16(25)18(27)21(29-19)30-3/h12-19,21,23,25-27H,4-11H2,1-3H3,(H,24,28)/t12-,13-,14-,15+,16?,17?,18+,19+,21?/m0/s1. The SMILES string of the molecule is CCCCC[C@@H]1CCN[C@H](C(=O)N[C@H]([C@H](C)Cl)[C@H]2OC(SC)[C@H](O)C(O)C2O)CC1. The molecule has 0 bridgehead atoms. The second-order valence-electron chi connectivity index (χ2n) is 8.62. The van der Waals surface area contributed by atoms with Gasteiger partial charge in [-0.05, 0) is 44.9 Å². The van der Waals surface area contributed by atoms with Gasteiger partial charge in [-0.1, -0.05) is 32.6 Å². The van der Waals surface area contributed by atoms with Crippen LogP contribution in [0.1, 0.15) is 58.8 Å². The molecular formula is C21H39ClN2O5S. The van der Waals surface area contributed by atoms with Crippen LogP contribution < -0.4 is 10.6 Å². The number of ether oxygens (including phenoxy) is 1. The minimum Gasteiger partial charge on any atom is -0.388 e. The Morgan fingerprint density at radius 3 is 2.57 bits per heavy atom. The number of rotatable bonds is 9. The van der Waals surface area contributed by atoms with E-state index in [0.717, 1.165) is 25.8 Å². The van der Waals surface area contributed by atoms with Crippen LogP contribution in [0.5, 0.6) is 0 Å². The van der Waals surface area contributed by atoms with E-state index in [1.807, 2.05) is 0 Å². The van der Waals surface area contributed by atoms with Gasteiger partial charge in [0.05, 0.1) is 17.5 Å². The molecule has 0 radical (unpaired) electrons. The maximum absolute atomic E-state index is 13.0. The molecule has 2 aliphatic heterocycles. The highest BCUT2D eigenvalue weighted by atomic mass is 35.5. The van der Waals surface area contributed by atoms with Gasteiger partial charge in [0.15, 0.2) is 0 Å². The van der Waals surface area contributed by atoms with Gasteiger partial charge >= 0.3 is 0 Å². The van der Waals surface area contributed by atoms with Gasteiger partial charge in [-0.25, -0.2) is 0 Å². The Bertz CT molecular complexity index is 528. The smallest absolute Gasteiger partial charge is 0.237 e. The quantitative estimate of drug-likeness (QED) is 0.259. The van der Waals surface area contributed by atoms with Crippen LogP contribution in [0.4, 0.5) is 0 Å². The third-order valence-corrected chi connectivity index (χ3v) is 7.46. The van der Waals surface area contributed by atoms with E-state index in [9.17, 15) is 20.1 Å². The van der Waals surface area contributed by atoms with Crippen LogP contribution in [0.2, 0.25) is 0 Å². The van der Waals surface area contributed by atoms with Gasteiger partial charge in [-0.15, -0.1) is 23.4 Å². The number of hydrogen-bond acceptors (Lipinski definition) is 7. The number of carbonyl (C=O) groups excluding carboxylic acids is 1. The predicted molar refractivity (Wildman–Crippen MR) is 121 cm³/mol. The van der Waals surface area contributed by atoms with E-state index < -0.39 is 41.3 Å². The first-order valence-corrected chi connectivity index (χ1v) is 12.9. The molecule has 0 saturated carbocycles. The van der Waals surface area contributed by atoms with E-state index >= 15 is 0 Å². The second-order valence-corrected chi connectivity index (χ2v) is 10.2. The van der Waals surface area contributed by atoms with Crippen molar-refractivity contribution in [2.24, 2.45) is 5.92 Å². The van der Waals surface area contributed by atoms with Crippen molar-refractivity contribution in [2.75, 3.05) is 12.8 Å². The molecule has 176 valence electrons. The Morgan fingerprint density at radius 2 is 1.93 bits per heavy atom. The zero-order valence-corrected chi connectivity index (χ0v) is 19.9. The second kappa shape index (κ2) is 12.8. The Hall–Kier alpha value is -0.0900. The first-order chi connectivity index (χ1) is 14.3.